The van der Waals surface area contributed by atoms with Gasteiger partial charge in [0.1, 0.15) is 0 Å². The van der Waals surface area contributed by atoms with Gasteiger partial charge in [-0.25, -0.2) is 0 Å². The summed E-state index contributed by atoms with van der Waals surface area (Å²) in [6.07, 6.45) is 3.25. The average Bonchev–Trinajstić information content (AvgIpc) is 2.57. The summed E-state index contributed by atoms with van der Waals surface area (Å²) in [6.45, 7) is 0. The van der Waals surface area contributed by atoms with Gasteiger partial charge in [0.2, 0.25) is 0 Å². The van der Waals surface area contributed by atoms with E-state index >= 15 is 0 Å². The Balaban J connectivity index is 1.71. The smallest absolute Gasteiger partial charge is 0.0632 e. The van der Waals surface area contributed by atoms with Crippen LogP contribution in [0.3, 0.4) is 0 Å². The molecule has 22 heavy (non-hydrogen) atoms. The minimum atomic E-state index is -0.203. The molecule has 0 amide bonds. The van der Waals surface area contributed by atoms with E-state index in [9.17, 15) is 5.11 Å². The Kier molecular flexibility index (Phi) is 3.73. The molecule has 1 aliphatic carbocycles. The number of aliphatic hydroxyl groups excluding tert-OH is 1. The maximum atomic E-state index is 10.9. The van der Waals surface area contributed by atoms with E-state index < -0.39 is 0 Å². The summed E-state index contributed by atoms with van der Waals surface area (Å²) in [7, 11) is 0. The maximum absolute atomic E-state index is 10.9. The van der Waals surface area contributed by atoms with Crippen LogP contribution in [0, 0.1) is 11.8 Å². The summed E-state index contributed by atoms with van der Waals surface area (Å²) in [5.74, 6) is 0.669. The predicted molar refractivity (Wildman–Crippen MR) is 88.3 cm³/mol. The van der Waals surface area contributed by atoms with Crippen molar-refractivity contribution in [2.45, 2.75) is 37.5 Å². The van der Waals surface area contributed by atoms with Crippen molar-refractivity contribution < 1.29 is 5.11 Å². The van der Waals surface area contributed by atoms with Crippen LogP contribution in [0.4, 0.5) is 0 Å². The Morgan fingerprint density at radius 1 is 0.727 bits per heavy atom. The van der Waals surface area contributed by atoms with Crippen molar-refractivity contribution in [3.05, 3.63) is 71.8 Å². The molecule has 2 N–H and O–H groups in total. The van der Waals surface area contributed by atoms with Gasteiger partial charge in [0.25, 0.3) is 0 Å². The Morgan fingerprint density at radius 2 is 1.18 bits per heavy atom. The molecule has 1 heterocycles. The number of rotatable bonds is 2. The number of fused-ring (bicyclic) bond motifs is 2. The van der Waals surface area contributed by atoms with Crippen molar-refractivity contribution in [1.82, 2.24) is 5.32 Å². The number of aliphatic hydroxyl groups is 1. The molecule has 0 radical (unpaired) electrons. The maximum Gasteiger partial charge on any atom is 0.0632 e. The first-order valence-electron chi connectivity index (χ1n) is 8.38. The molecule has 0 aromatic heterocycles. The molecule has 1 saturated carbocycles. The number of hydrogen-bond donors (Lipinski definition) is 2. The van der Waals surface area contributed by atoms with Gasteiger partial charge in [-0.3, -0.25) is 0 Å². The highest BCUT2D eigenvalue weighted by atomic mass is 16.3. The normalized spacial score (nSPS) is 34.3. The SMILES string of the molecule is OC1[C@H]2CCC[C@@H]1[C@H](c1ccccc1)N[C@@H]2c1ccccc1. The summed E-state index contributed by atoms with van der Waals surface area (Å²) < 4.78 is 0. The molecule has 2 heteroatoms. The van der Waals surface area contributed by atoms with Gasteiger partial charge in [-0.1, -0.05) is 67.1 Å². The molecular weight excluding hydrogens is 270 g/mol. The van der Waals surface area contributed by atoms with E-state index in [-0.39, 0.29) is 18.2 Å². The van der Waals surface area contributed by atoms with Gasteiger partial charge in [-0.2, -0.15) is 0 Å². The zero-order valence-electron chi connectivity index (χ0n) is 12.7. The minimum absolute atomic E-state index is 0.203. The van der Waals surface area contributed by atoms with Crippen molar-refractivity contribution in [3.8, 4) is 0 Å². The molecule has 1 aliphatic heterocycles. The number of nitrogens with one attached hydrogen (secondary N) is 1. The van der Waals surface area contributed by atoms with Crippen LogP contribution in [0.15, 0.2) is 60.7 Å². The van der Waals surface area contributed by atoms with Crippen LogP contribution < -0.4 is 5.32 Å². The first-order chi connectivity index (χ1) is 10.8. The Morgan fingerprint density at radius 3 is 1.64 bits per heavy atom. The molecule has 4 rings (SSSR count). The fourth-order valence-electron chi connectivity index (χ4n) is 4.42. The number of piperidine rings is 1. The molecule has 2 nitrogen and oxygen atoms in total. The van der Waals surface area contributed by atoms with Gasteiger partial charge in [-0.05, 0) is 24.0 Å². The highest BCUT2D eigenvalue weighted by molar-refractivity contribution is 5.27. The van der Waals surface area contributed by atoms with Gasteiger partial charge in [0.15, 0.2) is 0 Å². The summed E-state index contributed by atoms with van der Waals surface area (Å²) >= 11 is 0. The van der Waals surface area contributed by atoms with Crippen molar-refractivity contribution in [2.24, 2.45) is 11.8 Å². The quantitative estimate of drug-likeness (QED) is 0.881. The lowest BCUT2D eigenvalue weighted by Gasteiger charge is -2.50. The third kappa shape index (κ3) is 2.37. The lowest BCUT2D eigenvalue weighted by atomic mass is 9.66. The highest BCUT2D eigenvalue weighted by Crippen LogP contribution is 2.47. The standard InChI is InChI=1S/C20H23NO/c22-20-16-12-7-13-17(20)19(15-10-5-2-6-11-15)21-18(16)14-8-3-1-4-9-14/h1-6,8-11,16-22H,7,12-13H2/t16-,17+,18+,19-,20?. The van der Waals surface area contributed by atoms with E-state index in [4.69, 9.17) is 0 Å². The molecule has 2 bridgehead atoms. The second-order valence-electron chi connectivity index (χ2n) is 6.69. The topological polar surface area (TPSA) is 32.3 Å². The minimum Gasteiger partial charge on any atom is -0.392 e. The first kappa shape index (κ1) is 14.0. The van der Waals surface area contributed by atoms with Gasteiger partial charge < -0.3 is 10.4 Å². The fourth-order valence-corrected chi connectivity index (χ4v) is 4.42. The van der Waals surface area contributed by atoms with E-state index in [1.807, 2.05) is 0 Å². The summed E-state index contributed by atoms with van der Waals surface area (Å²) in [5, 5.41) is 14.8. The zero-order valence-corrected chi connectivity index (χ0v) is 12.7. The molecule has 0 spiro atoms. The van der Waals surface area contributed by atoms with Crippen LogP contribution in [0.2, 0.25) is 0 Å². The zero-order chi connectivity index (χ0) is 14.9. The largest absolute Gasteiger partial charge is 0.392 e. The van der Waals surface area contributed by atoms with Crippen LogP contribution in [0.25, 0.3) is 0 Å². The molecule has 2 aliphatic rings. The van der Waals surface area contributed by atoms with E-state index in [2.05, 4.69) is 66.0 Å². The summed E-state index contributed by atoms with van der Waals surface area (Å²) in [6, 6.07) is 21.7. The van der Waals surface area contributed by atoms with Crippen molar-refractivity contribution in [1.29, 1.82) is 0 Å². The van der Waals surface area contributed by atoms with Crippen LogP contribution in [0.1, 0.15) is 42.5 Å². The summed E-state index contributed by atoms with van der Waals surface area (Å²) in [4.78, 5) is 0. The molecular formula is C20H23NO. The molecule has 1 saturated heterocycles. The lowest BCUT2D eigenvalue weighted by Crippen LogP contribution is -2.52. The second-order valence-corrected chi connectivity index (χ2v) is 6.69. The van der Waals surface area contributed by atoms with E-state index in [0.717, 1.165) is 12.8 Å². The Labute approximate surface area is 132 Å². The fraction of sp³-hybridized carbons (Fsp3) is 0.400. The van der Waals surface area contributed by atoms with Crippen LogP contribution in [-0.4, -0.2) is 11.2 Å². The van der Waals surface area contributed by atoms with E-state index in [1.165, 1.54) is 17.5 Å². The predicted octanol–water partition coefficient (Wildman–Crippen LogP) is 3.85. The molecule has 2 fully saturated rings. The molecule has 1 unspecified atom stereocenters. The van der Waals surface area contributed by atoms with Crippen LogP contribution in [-0.2, 0) is 0 Å². The Hall–Kier alpha value is -1.64. The number of hydrogen-bond acceptors (Lipinski definition) is 2. The van der Waals surface area contributed by atoms with Crippen molar-refractivity contribution in [3.63, 3.8) is 0 Å². The lowest BCUT2D eigenvalue weighted by molar-refractivity contribution is -0.0517. The van der Waals surface area contributed by atoms with Gasteiger partial charge >= 0.3 is 0 Å². The second kappa shape index (κ2) is 5.86. The molecule has 2 aromatic carbocycles. The van der Waals surface area contributed by atoms with Gasteiger partial charge in [-0.15, -0.1) is 0 Å². The van der Waals surface area contributed by atoms with E-state index in [0.29, 0.717) is 11.8 Å². The monoisotopic (exact) mass is 293 g/mol. The highest BCUT2D eigenvalue weighted by Gasteiger charge is 2.46. The third-order valence-corrected chi connectivity index (χ3v) is 5.49. The number of benzene rings is 2. The molecule has 114 valence electrons. The molecule has 5 atom stereocenters. The first-order valence-corrected chi connectivity index (χ1v) is 8.38. The van der Waals surface area contributed by atoms with Crippen molar-refractivity contribution >= 4 is 0 Å². The summed E-state index contributed by atoms with van der Waals surface area (Å²) in [5.41, 5.74) is 2.60. The average molecular weight is 293 g/mol. The van der Waals surface area contributed by atoms with Gasteiger partial charge in [0.05, 0.1) is 6.10 Å². The van der Waals surface area contributed by atoms with Crippen molar-refractivity contribution in [2.75, 3.05) is 0 Å². The molecule has 2 aromatic rings. The Bertz CT molecular complexity index is 559. The third-order valence-electron chi connectivity index (χ3n) is 5.49. The van der Waals surface area contributed by atoms with Crippen LogP contribution in [0.5, 0.6) is 0 Å². The van der Waals surface area contributed by atoms with E-state index in [1.54, 1.807) is 0 Å². The van der Waals surface area contributed by atoms with Gasteiger partial charge in [0, 0.05) is 23.9 Å². The van der Waals surface area contributed by atoms with Crippen LogP contribution >= 0.6 is 0 Å².